The highest BCUT2D eigenvalue weighted by atomic mass is 19.1. The molecule has 6 nitrogen and oxygen atoms in total. The summed E-state index contributed by atoms with van der Waals surface area (Å²) in [5, 5.41) is 3.17. The lowest BCUT2D eigenvalue weighted by atomic mass is 9.67. The van der Waals surface area contributed by atoms with Crippen molar-refractivity contribution in [3.8, 4) is 0 Å². The van der Waals surface area contributed by atoms with Crippen molar-refractivity contribution in [2.24, 2.45) is 25.4 Å². The van der Waals surface area contributed by atoms with E-state index in [9.17, 15) is 18.8 Å². The summed E-state index contributed by atoms with van der Waals surface area (Å²) in [6, 6.07) is 5.97. The van der Waals surface area contributed by atoms with E-state index in [0.29, 0.717) is 29.1 Å². The SMILES string of the molecule is Cn1c2c(c(=O)n(C)c1=O)[C@@H](c1cccc(F)c1)[C@@H]1C(=O)CC(C)(C)C=C1N2. The van der Waals surface area contributed by atoms with Gasteiger partial charge in [-0.05, 0) is 23.1 Å². The zero-order valence-electron chi connectivity index (χ0n) is 16.2. The number of fused-ring (bicyclic) bond motifs is 2. The van der Waals surface area contributed by atoms with Crippen LogP contribution in [0.1, 0.15) is 37.3 Å². The predicted octanol–water partition coefficient (Wildman–Crippen LogP) is 2.28. The maximum atomic E-state index is 14.0. The Kier molecular flexibility index (Phi) is 3.96. The minimum absolute atomic E-state index is 0.00850. The third-order valence-corrected chi connectivity index (χ3v) is 5.67. The third kappa shape index (κ3) is 2.65. The summed E-state index contributed by atoms with van der Waals surface area (Å²) >= 11 is 0. The Hall–Kier alpha value is -2.96. The fourth-order valence-electron chi connectivity index (χ4n) is 4.44. The van der Waals surface area contributed by atoms with Crippen LogP contribution in [0, 0.1) is 17.2 Å². The van der Waals surface area contributed by atoms with Crippen molar-refractivity contribution in [1.29, 1.82) is 0 Å². The van der Waals surface area contributed by atoms with Crippen molar-refractivity contribution in [3.05, 3.63) is 73.8 Å². The lowest BCUT2D eigenvalue weighted by Gasteiger charge is -2.41. The van der Waals surface area contributed by atoms with Crippen molar-refractivity contribution in [3.63, 3.8) is 0 Å². The molecule has 7 heteroatoms. The summed E-state index contributed by atoms with van der Waals surface area (Å²) in [6.07, 6.45) is 2.31. The maximum Gasteiger partial charge on any atom is 0.332 e. The zero-order valence-corrected chi connectivity index (χ0v) is 16.2. The van der Waals surface area contributed by atoms with E-state index in [1.807, 2.05) is 19.9 Å². The molecule has 2 heterocycles. The fraction of sp³-hybridized carbons (Fsp3) is 0.381. The molecule has 0 fully saturated rings. The van der Waals surface area contributed by atoms with Crippen LogP contribution in [0.3, 0.4) is 0 Å². The molecule has 1 aromatic carbocycles. The largest absolute Gasteiger partial charge is 0.344 e. The number of nitrogens with zero attached hydrogens (tertiary/aromatic N) is 2. The van der Waals surface area contributed by atoms with Gasteiger partial charge in [0.25, 0.3) is 5.56 Å². The Labute approximate surface area is 161 Å². The molecule has 28 heavy (non-hydrogen) atoms. The quantitative estimate of drug-likeness (QED) is 0.820. The topological polar surface area (TPSA) is 73.1 Å². The fourth-order valence-corrected chi connectivity index (χ4v) is 4.44. The molecule has 0 saturated heterocycles. The Balaban J connectivity index is 2.09. The van der Waals surface area contributed by atoms with Gasteiger partial charge in [0.15, 0.2) is 0 Å². The number of carbonyl (C=O) groups is 1. The second-order valence-corrected chi connectivity index (χ2v) is 8.33. The number of anilines is 1. The number of nitrogens with one attached hydrogen (secondary N) is 1. The van der Waals surface area contributed by atoms with Crippen LogP contribution in [0.25, 0.3) is 0 Å². The molecular weight excluding hydrogens is 361 g/mol. The minimum atomic E-state index is -0.660. The number of Topliss-reactive ketones (excluding diaryl/α,β-unsaturated/α-hetero) is 1. The van der Waals surface area contributed by atoms with Crippen LogP contribution in [0.15, 0.2) is 45.6 Å². The number of allylic oxidation sites excluding steroid dienone is 2. The lowest BCUT2D eigenvalue weighted by Crippen LogP contribution is -2.47. The lowest BCUT2D eigenvalue weighted by molar-refractivity contribution is -0.124. The Morgan fingerprint density at radius 3 is 2.50 bits per heavy atom. The first-order valence-electron chi connectivity index (χ1n) is 9.18. The molecule has 1 aromatic heterocycles. The molecule has 0 unspecified atom stereocenters. The highest BCUT2D eigenvalue weighted by molar-refractivity contribution is 5.90. The molecule has 1 aliphatic carbocycles. The molecular formula is C21H22FN3O3. The summed E-state index contributed by atoms with van der Waals surface area (Å²) in [4.78, 5) is 38.6. The summed E-state index contributed by atoms with van der Waals surface area (Å²) in [6.45, 7) is 3.93. The molecule has 2 atom stereocenters. The Morgan fingerprint density at radius 1 is 1.11 bits per heavy atom. The van der Waals surface area contributed by atoms with Gasteiger partial charge in [-0.15, -0.1) is 0 Å². The van der Waals surface area contributed by atoms with E-state index < -0.39 is 28.9 Å². The van der Waals surface area contributed by atoms with Gasteiger partial charge in [-0.3, -0.25) is 18.7 Å². The molecule has 0 spiro atoms. The molecule has 4 rings (SSSR count). The van der Waals surface area contributed by atoms with Gasteiger partial charge < -0.3 is 5.32 Å². The summed E-state index contributed by atoms with van der Waals surface area (Å²) in [5.41, 5.74) is 0.226. The standard InChI is InChI=1S/C21H22FN3O3/c1-21(2)9-13-16(14(26)10-21)15(11-6-5-7-12(22)8-11)17-18(23-13)24(3)20(28)25(4)19(17)27/h5-9,15-16,23H,10H2,1-4H3/t15-,16-/m0/s1. The normalized spacial score (nSPS) is 22.8. The summed E-state index contributed by atoms with van der Waals surface area (Å²) in [7, 11) is 2.98. The highest BCUT2D eigenvalue weighted by Crippen LogP contribution is 2.47. The number of carbonyl (C=O) groups excluding carboxylic acids is 1. The number of halogens is 1. The van der Waals surface area contributed by atoms with Crippen LogP contribution >= 0.6 is 0 Å². The minimum Gasteiger partial charge on any atom is -0.344 e. The second-order valence-electron chi connectivity index (χ2n) is 8.33. The average molecular weight is 383 g/mol. The third-order valence-electron chi connectivity index (χ3n) is 5.67. The van der Waals surface area contributed by atoms with Gasteiger partial charge in [0.1, 0.15) is 17.4 Å². The van der Waals surface area contributed by atoms with E-state index in [2.05, 4.69) is 5.32 Å². The average Bonchev–Trinajstić information content (AvgIpc) is 2.62. The number of ketones is 1. The van der Waals surface area contributed by atoms with Gasteiger partial charge in [-0.1, -0.05) is 32.1 Å². The predicted molar refractivity (Wildman–Crippen MR) is 104 cm³/mol. The first-order chi connectivity index (χ1) is 13.1. The van der Waals surface area contributed by atoms with Crippen LogP contribution in [0.5, 0.6) is 0 Å². The summed E-state index contributed by atoms with van der Waals surface area (Å²) < 4.78 is 16.4. The molecule has 0 amide bonds. The maximum absolute atomic E-state index is 14.0. The van der Waals surface area contributed by atoms with Gasteiger partial charge in [0, 0.05) is 32.1 Å². The molecule has 2 aromatic rings. The molecule has 1 aliphatic heterocycles. The Morgan fingerprint density at radius 2 is 1.82 bits per heavy atom. The molecule has 0 bridgehead atoms. The van der Waals surface area contributed by atoms with E-state index in [4.69, 9.17) is 0 Å². The van der Waals surface area contributed by atoms with Crippen molar-refractivity contribution < 1.29 is 9.18 Å². The monoisotopic (exact) mass is 383 g/mol. The van der Waals surface area contributed by atoms with E-state index in [-0.39, 0.29) is 11.2 Å². The molecule has 2 aliphatic rings. The van der Waals surface area contributed by atoms with Crippen LogP contribution in [0.2, 0.25) is 0 Å². The first-order valence-corrected chi connectivity index (χ1v) is 9.18. The van der Waals surface area contributed by atoms with Crippen molar-refractivity contribution in [1.82, 2.24) is 9.13 Å². The molecule has 146 valence electrons. The molecule has 0 radical (unpaired) electrons. The number of benzene rings is 1. The van der Waals surface area contributed by atoms with E-state index in [1.165, 1.54) is 23.7 Å². The van der Waals surface area contributed by atoms with Crippen LogP contribution in [-0.4, -0.2) is 14.9 Å². The van der Waals surface area contributed by atoms with Gasteiger partial charge in [-0.2, -0.15) is 0 Å². The number of hydrogen-bond acceptors (Lipinski definition) is 4. The van der Waals surface area contributed by atoms with Gasteiger partial charge in [0.2, 0.25) is 0 Å². The molecule has 1 N–H and O–H groups in total. The smallest absolute Gasteiger partial charge is 0.332 e. The van der Waals surface area contributed by atoms with Gasteiger partial charge in [-0.25, -0.2) is 9.18 Å². The second kappa shape index (κ2) is 6.02. The number of rotatable bonds is 1. The van der Waals surface area contributed by atoms with Crippen LogP contribution < -0.4 is 16.6 Å². The summed E-state index contributed by atoms with van der Waals surface area (Å²) in [5.74, 6) is -1.37. The van der Waals surface area contributed by atoms with Gasteiger partial charge in [0.05, 0.1) is 11.5 Å². The van der Waals surface area contributed by atoms with Gasteiger partial charge >= 0.3 is 5.69 Å². The van der Waals surface area contributed by atoms with Crippen LogP contribution in [-0.2, 0) is 18.9 Å². The zero-order chi connectivity index (χ0) is 20.4. The highest BCUT2D eigenvalue weighted by Gasteiger charge is 2.46. The van der Waals surface area contributed by atoms with E-state index in [1.54, 1.807) is 19.2 Å². The number of aromatic nitrogens is 2. The van der Waals surface area contributed by atoms with Crippen molar-refractivity contribution >= 4 is 11.6 Å². The number of hydrogen-bond donors (Lipinski definition) is 1. The van der Waals surface area contributed by atoms with E-state index in [0.717, 1.165) is 4.57 Å². The first kappa shape index (κ1) is 18.4. The van der Waals surface area contributed by atoms with Crippen molar-refractivity contribution in [2.45, 2.75) is 26.2 Å². The molecule has 0 saturated carbocycles. The Bertz CT molecular complexity index is 1160. The van der Waals surface area contributed by atoms with Crippen molar-refractivity contribution in [2.75, 3.05) is 5.32 Å². The van der Waals surface area contributed by atoms with E-state index >= 15 is 0 Å². The van der Waals surface area contributed by atoms with Crippen LogP contribution in [0.4, 0.5) is 10.2 Å².